The van der Waals surface area contributed by atoms with E-state index in [0.717, 1.165) is 9.13 Å². The third kappa shape index (κ3) is 4.12. The van der Waals surface area contributed by atoms with Crippen LogP contribution in [-0.2, 0) is 0 Å². The summed E-state index contributed by atoms with van der Waals surface area (Å²) in [6, 6.07) is -15.7. The quantitative estimate of drug-likeness (QED) is 0.176. The number of hydrogen-bond acceptors (Lipinski definition) is 0. The fourth-order valence-corrected chi connectivity index (χ4v) is 6.53. The van der Waals surface area contributed by atoms with Crippen LogP contribution >= 0.6 is 0 Å². The molecule has 0 fully saturated rings. The Morgan fingerprint density at radius 3 is 1.27 bits per heavy atom. The lowest BCUT2D eigenvalue weighted by molar-refractivity contribution is 1.15. The van der Waals surface area contributed by atoms with Gasteiger partial charge in [0.2, 0.25) is 0 Å². The van der Waals surface area contributed by atoms with Crippen molar-refractivity contribution in [1.82, 2.24) is 13.7 Å². The first-order valence-corrected chi connectivity index (χ1v) is 15.3. The molecule has 0 aliphatic carbocycles. The van der Waals surface area contributed by atoms with Gasteiger partial charge in [-0.05, 0) is 77.6 Å². The largest absolute Gasteiger partial charge is 0.309 e. The van der Waals surface area contributed by atoms with Crippen molar-refractivity contribution < 1.29 is 37.0 Å². The topological polar surface area (TPSA) is 14.8 Å². The molecule has 0 atom stereocenters. The molecule has 0 amide bonds. The Labute approximate surface area is 332 Å². The van der Waals surface area contributed by atoms with E-state index < -0.39 is 224 Å². The van der Waals surface area contributed by atoms with Gasteiger partial charge in [0.25, 0.3) is 0 Å². The number of hydrogen-bond donors (Lipinski definition) is 0. The van der Waals surface area contributed by atoms with Crippen LogP contribution in [0.2, 0.25) is 0 Å². The van der Waals surface area contributed by atoms with E-state index >= 15 is 0 Å². The van der Waals surface area contributed by atoms with Crippen LogP contribution in [0, 0.1) is 0 Å². The summed E-state index contributed by atoms with van der Waals surface area (Å²) in [7, 11) is 0. The first-order chi connectivity index (χ1) is 36.6. The minimum Gasteiger partial charge on any atom is -0.309 e. The number of fused-ring (bicyclic) bond motifs is 9. The SMILES string of the molecule is [2H]c1c([2H])c([2H])c(-c2ccc(-n3c4c([2H])c([2H])c([2H])c([2H])c4c4c([2H])c(-n5c6c([2H])c([2H])c([2H])c([2H])c6c6c([2H])c([2H])c(-n7c8c([2H])c([2H])c([2H])c([2H])c8c8c([2H])c([2H])c([2H])c([2H])c87)c([2H])c65)c([2H])c([2H])c43)cc2)c([2H])c1[2H]. The highest BCUT2D eigenvalue weighted by Gasteiger charge is 2.18. The van der Waals surface area contributed by atoms with Gasteiger partial charge in [0, 0.05) is 49.4 Å². The second kappa shape index (κ2) is 10.8. The summed E-state index contributed by atoms with van der Waals surface area (Å²) in [4.78, 5) is 0. The van der Waals surface area contributed by atoms with Crippen LogP contribution in [0.1, 0.15) is 37.0 Å². The molecule has 0 unspecified atom stereocenters. The average Bonchev–Trinajstić information content (AvgIpc) is 4.30. The van der Waals surface area contributed by atoms with Gasteiger partial charge in [0.05, 0.1) is 70.1 Å². The Morgan fingerprint density at radius 1 is 0.275 bits per heavy atom. The lowest BCUT2D eigenvalue weighted by Crippen LogP contribution is -1.97. The zero-order chi connectivity index (χ0) is 57.0. The van der Waals surface area contributed by atoms with Crippen molar-refractivity contribution in [3.8, 4) is 28.2 Å². The predicted octanol–water partition coefficient (Wildman–Crippen LogP) is 12.6. The summed E-state index contributed by atoms with van der Waals surface area (Å²) >= 11 is 0. The second-order valence-corrected chi connectivity index (χ2v) is 11.3. The molecule has 0 saturated carbocycles. The minimum atomic E-state index is -0.942. The molecular formula is C48H31N3. The summed E-state index contributed by atoms with van der Waals surface area (Å²) in [6.07, 6.45) is 0. The lowest BCUT2D eigenvalue weighted by atomic mass is 10.1. The van der Waals surface area contributed by atoms with E-state index in [0.29, 0.717) is 0 Å². The van der Waals surface area contributed by atoms with Gasteiger partial charge in [0.15, 0.2) is 0 Å². The maximum Gasteiger partial charge on any atom is 0.0667 e. The van der Waals surface area contributed by atoms with Crippen molar-refractivity contribution in [2.45, 2.75) is 0 Å². The van der Waals surface area contributed by atoms with Crippen molar-refractivity contribution in [1.29, 1.82) is 0 Å². The van der Waals surface area contributed by atoms with Crippen LogP contribution in [0.5, 0.6) is 0 Å². The van der Waals surface area contributed by atoms with Gasteiger partial charge in [-0.3, -0.25) is 0 Å². The molecule has 0 aliphatic heterocycles. The summed E-state index contributed by atoms with van der Waals surface area (Å²) < 4.78 is 245. The van der Waals surface area contributed by atoms with E-state index in [4.69, 9.17) is 23.3 Å². The molecule has 238 valence electrons. The van der Waals surface area contributed by atoms with Crippen molar-refractivity contribution in [3.05, 3.63) is 187 Å². The van der Waals surface area contributed by atoms with Gasteiger partial charge in [-0.1, -0.05) is 121 Å². The van der Waals surface area contributed by atoms with Crippen molar-refractivity contribution in [2.24, 2.45) is 0 Å². The smallest absolute Gasteiger partial charge is 0.0667 e. The normalized spacial score (nSPS) is 19.3. The van der Waals surface area contributed by atoms with Crippen molar-refractivity contribution in [2.75, 3.05) is 0 Å². The fourth-order valence-electron chi connectivity index (χ4n) is 6.53. The molecule has 11 rings (SSSR count). The molecule has 0 bridgehead atoms. The van der Waals surface area contributed by atoms with Crippen LogP contribution in [0.15, 0.2) is 187 Å². The van der Waals surface area contributed by atoms with E-state index in [1.807, 2.05) is 0 Å². The molecule has 0 N–H and O–H groups in total. The molecule has 0 aliphatic rings. The van der Waals surface area contributed by atoms with Gasteiger partial charge in [-0.2, -0.15) is 0 Å². The van der Waals surface area contributed by atoms with Crippen LogP contribution < -0.4 is 0 Å². The monoisotopic (exact) mass is 676 g/mol. The summed E-state index contributed by atoms with van der Waals surface area (Å²) in [5.41, 5.74) is -4.61. The second-order valence-electron chi connectivity index (χ2n) is 11.3. The first-order valence-electron chi connectivity index (χ1n) is 28.8. The third-order valence-electron chi connectivity index (χ3n) is 8.68. The zero-order valence-electron chi connectivity index (χ0n) is 52.7. The molecule has 0 spiro atoms. The van der Waals surface area contributed by atoms with Crippen LogP contribution in [0.25, 0.3) is 93.6 Å². The summed E-state index contributed by atoms with van der Waals surface area (Å²) in [5, 5.41) is -2.79. The summed E-state index contributed by atoms with van der Waals surface area (Å²) in [6.45, 7) is 0. The number of nitrogens with zero attached hydrogens (tertiary/aromatic N) is 3. The highest BCUT2D eigenvalue weighted by molar-refractivity contribution is 6.13. The Balaban J connectivity index is 1.34. The molecule has 51 heavy (non-hydrogen) atoms. The molecule has 3 heterocycles. The minimum absolute atomic E-state index is 0.0317. The molecular weight excluding hydrogens is 619 g/mol. The zero-order valence-corrected chi connectivity index (χ0v) is 25.7. The van der Waals surface area contributed by atoms with Gasteiger partial charge in [0.1, 0.15) is 0 Å². The summed E-state index contributed by atoms with van der Waals surface area (Å²) in [5.74, 6) is 0. The molecule has 3 heteroatoms. The maximum absolute atomic E-state index is 10.1. The van der Waals surface area contributed by atoms with E-state index in [1.165, 1.54) is 28.8 Å². The lowest BCUT2D eigenvalue weighted by Gasteiger charge is -2.12. The van der Waals surface area contributed by atoms with Crippen molar-refractivity contribution in [3.63, 3.8) is 0 Å². The predicted molar refractivity (Wildman–Crippen MR) is 215 cm³/mol. The number of aromatic nitrogens is 3. The van der Waals surface area contributed by atoms with Gasteiger partial charge in [-0.25, -0.2) is 0 Å². The van der Waals surface area contributed by atoms with Crippen LogP contribution in [-0.4, -0.2) is 13.7 Å². The highest BCUT2D eigenvalue weighted by Crippen LogP contribution is 2.39. The fraction of sp³-hybridized carbons (Fsp3) is 0. The van der Waals surface area contributed by atoms with Gasteiger partial charge in [-0.15, -0.1) is 0 Å². The van der Waals surface area contributed by atoms with E-state index in [1.54, 1.807) is 0 Å². The van der Waals surface area contributed by atoms with Gasteiger partial charge < -0.3 is 13.7 Å². The highest BCUT2D eigenvalue weighted by atomic mass is 15.0. The Bertz CT molecular complexity index is 4580. The van der Waals surface area contributed by atoms with E-state index in [9.17, 15) is 13.7 Å². The average molecular weight is 677 g/mol. The van der Waals surface area contributed by atoms with E-state index in [-0.39, 0.29) is 33.2 Å². The molecule has 11 aromatic rings. The molecule has 0 radical (unpaired) electrons. The Kier molecular flexibility index (Phi) is 2.65. The van der Waals surface area contributed by atoms with Crippen LogP contribution in [0.4, 0.5) is 0 Å². The molecule has 3 aromatic heterocycles. The molecule has 8 aromatic carbocycles. The van der Waals surface area contributed by atoms with Crippen LogP contribution in [0.3, 0.4) is 0 Å². The first kappa shape index (κ1) is 12.5. The Hall–Kier alpha value is -6.84. The molecule has 0 saturated heterocycles. The number of para-hydroxylation sites is 4. The van der Waals surface area contributed by atoms with Crippen molar-refractivity contribution >= 4 is 65.4 Å². The number of rotatable bonds is 4. The number of benzene rings is 8. The maximum atomic E-state index is 10.1. The standard InChI is InChI=1S/C48H31N3/c1-2-12-32(13-3-1)33-22-24-34(25-23-33)49-46-21-11-7-17-40(46)42-30-35(27-29-47(42)49)51-45-20-10-6-16-39(45)41-28-26-36(31-48(41)51)50-43-18-8-4-14-37(43)38-15-5-9-19-44(38)50/h1-31H/i1D,2D,3D,4D,5D,6D,7D,8D,9D,10D,11D,12D,13D,14D,15D,16D,17D,18D,19D,20D,21D,26D,27D,28D,29D,30D,31D. The molecule has 3 nitrogen and oxygen atoms in total. The van der Waals surface area contributed by atoms with Gasteiger partial charge >= 0.3 is 0 Å². The third-order valence-corrected chi connectivity index (χ3v) is 8.68. The Morgan fingerprint density at radius 2 is 0.686 bits per heavy atom. The van der Waals surface area contributed by atoms with E-state index in [2.05, 4.69) is 0 Å².